The smallest absolute Gasteiger partial charge is 0.352 e. The maximum Gasteiger partial charge on any atom is 0.352 e. The number of primary amides is 1. The van der Waals surface area contributed by atoms with E-state index in [1.54, 1.807) is 0 Å². The topological polar surface area (TPSA) is 145 Å². The van der Waals surface area contributed by atoms with Crippen molar-refractivity contribution in [1.29, 1.82) is 0 Å². The molecule has 10 heteroatoms. The van der Waals surface area contributed by atoms with Gasteiger partial charge in [0.1, 0.15) is 0 Å². The summed E-state index contributed by atoms with van der Waals surface area (Å²) in [7, 11) is 0. The van der Waals surface area contributed by atoms with Crippen molar-refractivity contribution in [2.45, 2.75) is 24.4 Å². The number of ether oxygens (including phenoxy) is 2. The van der Waals surface area contributed by atoms with Crippen LogP contribution in [-0.4, -0.2) is 52.0 Å². The minimum atomic E-state index is -2.73. The lowest BCUT2D eigenvalue weighted by Crippen LogP contribution is -2.68. The highest BCUT2D eigenvalue weighted by Crippen LogP contribution is 2.42. The van der Waals surface area contributed by atoms with Crippen LogP contribution in [-0.2, 0) is 33.5 Å². The third kappa shape index (κ3) is 1.45. The Morgan fingerprint density at radius 2 is 2.05 bits per heavy atom. The summed E-state index contributed by atoms with van der Waals surface area (Å²) in [5, 5.41) is 11.1. The molecule has 3 N–H and O–H groups in total. The van der Waals surface area contributed by atoms with Crippen LogP contribution in [0.25, 0.3) is 0 Å². The number of hydroxylamine groups is 2. The van der Waals surface area contributed by atoms with E-state index >= 15 is 0 Å². The second-order valence-corrected chi connectivity index (χ2v) is 4.78. The van der Waals surface area contributed by atoms with Crippen LogP contribution in [0.3, 0.4) is 0 Å². The second-order valence-electron chi connectivity index (χ2n) is 4.78. The number of carbonyl (C=O) groups excluding carboxylic acids is 4. The van der Waals surface area contributed by atoms with E-state index in [0.29, 0.717) is 0 Å². The summed E-state index contributed by atoms with van der Waals surface area (Å²) in [5.41, 5.74) is 2.29. The second kappa shape index (κ2) is 3.67. The third-order valence-corrected chi connectivity index (χ3v) is 3.50. The number of aliphatic hydroxyl groups is 1. The number of hydrogen-bond acceptors (Lipinski definition) is 9. The third-order valence-electron chi connectivity index (χ3n) is 3.50. The fourth-order valence-electron chi connectivity index (χ4n) is 2.39. The summed E-state index contributed by atoms with van der Waals surface area (Å²) < 4.78 is 9.83. The van der Waals surface area contributed by atoms with Crippen LogP contribution in [0.1, 0.15) is 12.8 Å². The number of fused-ring (bicyclic) bond motifs is 2. The van der Waals surface area contributed by atoms with E-state index in [0.717, 1.165) is 5.06 Å². The van der Waals surface area contributed by atoms with Crippen LogP contribution in [0, 0.1) is 5.92 Å². The zero-order chi connectivity index (χ0) is 14.7. The molecule has 3 aliphatic rings. The van der Waals surface area contributed by atoms with Gasteiger partial charge in [0.15, 0.2) is 11.5 Å². The van der Waals surface area contributed by atoms with E-state index in [1.165, 1.54) is 0 Å². The van der Waals surface area contributed by atoms with Gasteiger partial charge in [0.05, 0.1) is 19.4 Å². The van der Waals surface area contributed by atoms with Crippen molar-refractivity contribution in [2.24, 2.45) is 11.7 Å². The summed E-state index contributed by atoms with van der Waals surface area (Å²) in [5.74, 6) is -8.80. The van der Waals surface area contributed by atoms with E-state index in [4.69, 9.17) is 20.0 Å². The Balaban J connectivity index is 2.14. The van der Waals surface area contributed by atoms with Crippen LogP contribution in [0.2, 0.25) is 0 Å². The molecular weight excluding hydrogens is 276 g/mol. The Labute approximate surface area is 111 Å². The van der Waals surface area contributed by atoms with Crippen molar-refractivity contribution in [2.75, 3.05) is 6.54 Å². The molecule has 3 aliphatic heterocycles. The van der Waals surface area contributed by atoms with Crippen LogP contribution in [0.5, 0.6) is 0 Å². The molecule has 3 heterocycles. The summed E-state index contributed by atoms with van der Waals surface area (Å²) in [6, 6.07) is 0. The van der Waals surface area contributed by atoms with Gasteiger partial charge in [-0.3, -0.25) is 9.59 Å². The lowest BCUT2D eigenvalue weighted by atomic mass is 9.83. The van der Waals surface area contributed by atoms with Gasteiger partial charge < -0.3 is 25.2 Å². The molecule has 10 nitrogen and oxygen atoms in total. The highest BCUT2D eigenvalue weighted by Gasteiger charge is 2.67. The first-order valence-corrected chi connectivity index (χ1v) is 5.75. The summed E-state index contributed by atoms with van der Waals surface area (Å²) >= 11 is 0. The molecule has 0 radical (unpaired) electrons. The molecule has 3 atom stereocenters. The predicted molar refractivity (Wildman–Crippen MR) is 54.6 cm³/mol. The van der Waals surface area contributed by atoms with Crippen molar-refractivity contribution in [3.05, 3.63) is 0 Å². The van der Waals surface area contributed by atoms with Crippen molar-refractivity contribution in [1.82, 2.24) is 5.06 Å². The highest BCUT2D eigenvalue weighted by molar-refractivity contribution is 6.05. The Bertz CT molecular complexity index is 547. The lowest BCUT2D eigenvalue weighted by Gasteiger charge is -2.47. The molecule has 0 saturated carbocycles. The quantitative estimate of drug-likeness (QED) is 0.384. The van der Waals surface area contributed by atoms with Gasteiger partial charge in [-0.2, -0.15) is 0 Å². The molecule has 3 rings (SSSR count). The first kappa shape index (κ1) is 12.8. The van der Waals surface area contributed by atoms with Crippen molar-refractivity contribution < 1.29 is 38.6 Å². The van der Waals surface area contributed by atoms with Crippen LogP contribution in [0.4, 0.5) is 0 Å². The Hall–Kier alpha value is -2.20. The van der Waals surface area contributed by atoms with Crippen molar-refractivity contribution >= 4 is 23.8 Å². The van der Waals surface area contributed by atoms with Gasteiger partial charge in [0.25, 0.3) is 0 Å². The van der Waals surface area contributed by atoms with Gasteiger partial charge >= 0.3 is 23.8 Å². The predicted octanol–water partition coefficient (Wildman–Crippen LogP) is -2.86. The van der Waals surface area contributed by atoms with E-state index in [9.17, 15) is 24.3 Å². The van der Waals surface area contributed by atoms with E-state index < -0.39 is 47.7 Å². The van der Waals surface area contributed by atoms with Crippen molar-refractivity contribution in [3.8, 4) is 0 Å². The molecule has 1 spiro atoms. The van der Waals surface area contributed by atoms with E-state index in [-0.39, 0.29) is 13.0 Å². The summed E-state index contributed by atoms with van der Waals surface area (Å²) in [6.45, 7) is 0.135. The zero-order valence-corrected chi connectivity index (χ0v) is 10.0. The number of hydrogen-bond donors (Lipinski definition) is 2. The van der Waals surface area contributed by atoms with Gasteiger partial charge in [0, 0.05) is 0 Å². The molecule has 3 fully saturated rings. The Morgan fingerprint density at radius 1 is 1.35 bits per heavy atom. The maximum absolute atomic E-state index is 12.0. The molecule has 0 aromatic carbocycles. The molecule has 108 valence electrons. The Kier molecular flexibility index (Phi) is 2.35. The molecule has 20 heavy (non-hydrogen) atoms. The average Bonchev–Trinajstić information content (AvgIpc) is 2.40. The first-order chi connectivity index (χ1) is 9.28. The number of nitrogens with two attached hydrogens (primary N) is 1. The number of carbonyl (C=O) groups is 4. The standard InChI is InChI=1S/C10H10N2O8/c11-6(14)5-7(15)20-12-2-1-10(12)18-4(13)3-9(5,17)8(16)19-10/h5,17H,1-3H2,(H2,11,14). The molecule has 0 aromatic heterocycles. The highest BCUT2D eigenvalue weighted by atomic mass is 16.8. The van der Waals surface area contributed by atoms with Crippen LogP contribution >= 0.6 is 0 Å². The van der Waals surface area contributed by atoms with E-state index in [1.807, 2.05) is 0 Å². The zero-order valence-electron chi connectivity index (χ0n) is 10.0. The lowest BCUT2D eigenvalue weighted by molar-refractivity contribution is -0.417. The van der Waals surface area contributed by atoms with Crippen molar-refractivity contribution in [3.63, 3.8) is 0 Å². The minimum Gasteiger partial charge on any atom is -0.406 e. The van der Waals surface area contributed by atoms with Gasteiger partial charge in [0.2, 0.25) is 5.91 Å². The molecule has 3 saturated heterocycles. The monoisotopic (exact) mass is 286 g/mol. The number of amides is 1. The molecular formula is C10H10N2O8. The number of esters is 2. The normalized spacial score (nSPS) is 40.2. The van der Waals surface area contributed by atoms with Gasteiger partial charge in [-0.1, -0.05) is 5.06 Å². The van der Waals surface area contributed by atoms with Crippen LogP contribution < -0.4 is 5.73 Å². The molecule has 2 bridgehead atoms. The molecule has 3 unspecified atom stereocenters. The largest absolute Gasteiger partial charge is 0.406 e. The SMILES string of the molecule is NC(=O)C1C(=O)ON2CCC23OC(=O)CC1(O)C(=O)O3. The summed E-state index contributed by atoms with van der Waals surface area (Å²) in [6.07, 6.45) is -0.848. The molecule has 0 aliphatic carbocycles. The number of rotatable bonds is 1. The van der Waals surface area contributed by atoms with E-state index in [2.05, 4.69) is 0 Å². The first-order valence-electron chi connectivity index (χ1n) is 5.75. The minimum absolute atomic E-state index is 0.0785. The fraction of sp³-hybridized carbons (Fsp3) is 0.600. The van der Waals surface area contributed by atoms with Gasteiger partial charge in [-0.05, 0) is 0 Å². The molecule has 0 aromatic rings. The van der Waals surface area contributed by atoms with Crippen LogP contribution in [0.15, 0.2) is 0 Å². The fourth-order valence-corrected chi connectivity index (χ4v) is 2.39. The number of nitrogens with zero attached hydrogens (tertiary/aromatic N) is 1. The summed E-state index contributed by atoms with van der Waals surface area (Å²) in [4.78, 5) is 51.8. The Morgan fingerprint density at radius 3 is 2.60 bits per heavy atom. The van der Waals surface area contributed by atoms with Gasteiger partial charge in [-0.15, -0.1) is 0 Å². The van der Waals surface area contributed by atoms with Gasteiger partial charge in [-0.25, -0.2) is 9.59 Å². The average molecular weight is 286 g/mol. The maximum atomic E-state index is 12.0. The molecule has 1 amide bonds.